The zero-order valence-corrected chi connectivity index (χ0v) is 19.0. The van der Waals surface area contributed by atoms with Crippen LogP contribution in [-0.4, -0.2) is 49.3 Å². The van der Waals surface area contributed by atoms with Crippen molar-refractivity contribution in [2.75, 3.05) is 7.05 Å². The zero-order valence-electron chi connectivity index (χ0n) is 19.0. The number of hydrogen-bond donors (Lipinski definition) is 3. The second kappa shape index (κ2) is 9.46. The Kier molecular flexibility index (Phi) is 6.27. The molecule has 0 fully saturated rings. The highest BCUT2D eigenvalue weighted by molar-refractivity contribution is 6.11. The first-order valence-electron chi connectivity index (χ1n) is 10.6. The van der Waals surface area contributed by atoms with Crippen LogP contribution in [0.25, 0.3) is 39.2 Å². The molecule has 0 spiro atoms. The summed E-state index contributed by atoms with van der Waals surface area (Å²) in [7, 11) is 1.67. The number of aliphatic imine (C=N–C) groups is 1. The first-order valence-corrected chi connectivity index (χ1v) is 10.6. The molecule has 0 saturated carbocycles. The lowest BCUT2D eigenvalue weighted by molar-refractivity contribution is -0.121. The molecule has 10 heteroatoms. The zero-order chi connectivity index (χ0) is 24.2. The van der Waals surface area contributed by atoms with Crippen molar-refractivity contribution in [3.63, 3.8) is 0 Å². The lowest BCUT2D eigenvalue weighted by atomic mass is 10.1. The van der Waals surface area contributed by atoms with Crippen LogP contribution in [0.15, 0.2) is 48.0 Å². The molecule has 0 unspecified atom stereocenters. The first kappa shape index (κ1) is 22.5. The minimum Gasteiger partial charge on any atom is -0.335 e. The minimum absolute atomic E-state index is 0.0918. The van der Waals surface area contributed by atoms with E-state index in [-0.39, 0.29) is 11.8 Å². The topological polar surface area (TPSA) is 148 Å². The number of amides is 1. The number of carbonyl (C=O) groups excluding carboxylic acids is 1. The predicted molar refractivity (Wildman–Crippen MR) is 131 cm³/mol. The van der Waals surface area contributed by atoms with E-state index in [0.717, 1.165) is 16.5 Å². The molecular weight excluding hydrogens is 430 g/mol. The highest BCUT2D eigenvalue weighted by Crippen LogP contribution is 2.28. The van der Waals surface area contributed by atoms with Crippen LogP contribution in [0.2, 0.25) is 0 Å². The average Bonchev–Trinajstić information content (AvgIpc) is 3.41. The summed E-state index contributed by atoms with van der Waals surface area (Å²) in [6.07, 6.45) is 8.62. The highest BCUT2D eigenvalue weighted by atomic mass is 16.1. The number of rotatable bonds is 7. The van der Waals surface area contributed by atoms with Crippen molar-refractivity contribution in [3.05, 3.63) is 54.1 Å². The number of nitrogens with one attached hydrogen (secondary N) is 3. The number of allylic oxidation sites excluding steroid dienone is 2. The molecule has 0 saturated heterocycles. The normalized spacial score (nSPS) is 12.0. The molecule has 4 aromatic heterocycles. The summed E-state index contributed by atoms with van der Waals surface area (Å²) in [5, 5.41) is 20.2. The van der Waals surface area contributed by atoms with Crippen LogP contribution in [-0.2, 0) is 4.79 Å². The maximum Gasteiger partial charge on any atom is 0.224 e. The van der Waals surface area contributed by atoms with E-state index in [2.05, 4.69) is 53.1 Å². The molecule has 4 aromatic rings. The van der Waals surface area contributed by atoms with Gasteiger partial charge in [0.05, 0.1) is 22.7 Å². The van der Waals surface area contributed by atoms with Gasteiger partial charge in [-0.15, -0.1) is 0 Å². The van der Waals surface area contributed by atoms with Gasteiger partial charge in [-0.1, -0.05) is 20.4 Å². The van der Waals surface area contributed by atoms with Crippen molar-refractivity contribution in [2.24, 2.45) is 10.9 Å². The Morgan fingerprint density at radius 3 is 2.91 bits per heavy atom. The van der Waals surface area contributed by atoms with Gasteiger partial charge in [0.25, 0.3) is 0 Å². The third-order valence-electron chi connectivity index (χ3n) is 4.98. The summed E-state index contributed by atoms with van der Waals surface area (Å²) in [5.74, 6) is 0.647. The molecule has 1 amide bonds. The average molecular weight is 454 g/mol. The van der Waals surface area contributed by atoms with Crippen molar-refractivity contribution < 1.29 is 4.79 Å². The van der Waals surface area contributed by atoms with E-state index in [1.165, 1.54) is 6.20 Å². The van der Waals surface area contributed by atoms with Gasteiger partial charge in [0, 0.05) is 48.9 Å². The minimum atomic E-state index is -0.0918. The molecule has 0 bridgehead atoms. The van der Waals surface area contributed by atoms with Gasteiger partial charge in [0.1, 0.15) is 17.3 Å². The fourth-order valence-corrected chi connectivity index (χ4v) is 3.53. The summed E-state index contributed by atoms with van der Waals surface area (Å²) in [6, 6.07) is 4.01. The lowest BCUT2D eigenvalue weighted by Crippen LogP contribution is -2.22. The predicted octanol–water partition coefficient (Wildman–Crippen LogP) is 3.53. The molecule has 0 aliphatic rings. The maximum atomic E-state index is 12.1. The molecule has 170 valence electrons. The van der Waals surface area contributed by atoms with Crippen molar-refractivity contribution in [3.8, 4) is 17.6 Å². The smallest absolute Gasteiger partial charge is 0.224 e. The van der Waals surface area contributed by atoms with Crippen LogP contribution in [0.1, 0.15) is 31.4 Å². The van der Waals surface area contributed by atoms with Crippen molar-refractivity contribution in [1.82, 2.24) is 35.5 Å². The number of hydrogen-bond acceptors (Lipinski definition) is 7. The SMILES string of the molecule is C=C(/C=C(\C=N/C)c1cnc2[nH]nc(-c3nc4c(C#N)cncc4[nH]3)c2c1)NC(=O)CC(C)C. The number of fused-ring (bicyclic) bond motifs is 2. The van der Waals surface area contributed by atoms with Crippen molar-refractivity contribution in [2.45, 2.75) is 20.3 Å². The Morgan fingerprint density at radius 1 is 1.35 bits per heavy atom. The molecular formula is C24H23N9O. The number of carbonyl (C=O) groups is 1. The Hall–Kier alpha value is -4.65. The molecule has 0 aromatic carbocycles. The van der Waals surface area contributed by atoms with Gasteiger partial charge >= 0.3 is 0 Å². The van der Waals surface area contributed by atoms with E-state index in [0.29, 0.717) is 45.9 Å². The first-order chi connectivity index (χ1) is 16.4. The Labute approximate surface area is 195 Å². The summed E-state index contributed by atoms with van der Waals surface area (Å²) < 4.78 is 0. The molecule has 34 heavy (non-hydrogen) atoms. The van der Waals surface area contributed by atoms with Gasteiger partial charge < -0.3 is 10.3 Å². The van der Waals surface area contributed by atoms with Crippen LogP contribution >= 0.6 is 0 Å². The number of imidazole rings is 1. The Morgan fingerprint density at radius 2 is 2.18 bits per heavy atom. The quantitative estimate of drug-likeness (QED) is 0.288. The van der Waals surface area contributed by atoms with E-state index >= 15 is 0 Å². The molecule has 0 atom stereocenters. The summed E-state index contributed by atoms with van der Waals surface area (Å²) >= 11 is 0. The van der Waals surface area contributed by atoms with Crippen LogP contribution in [0, 0.1) is 17.2 Å². The molecule has 4 heterocycles. The second-order valence-electron chi connectivity index (χ2n) is 8.13. The van der Waals surface area contributed by atoms with Crippen molar-refractivity contribution in [1.29, 1.82) is 5.26 Å². The molecule has 3 N–H and O–H groups in total. The highest BCUT2D eigenvalue weighted by Gasteiger charge is 2.16. The monoisotopic (exact) mass is 453 g/mol. The van der Waals surface area contributed by atoms with E-state index < -0.39 is 0 Å². The molecule has 0 radical (unpaired) electrons. The molecule has 0 aliphatic carbocycles. The van der Waals surface area contributed by atoms with E-state index in [1.807, 2.05) is 19.9 Å². The van der Waals surface area contributed by atoms with Crippen LogP contribution in [0.4, 0.5) is 0 Å². The van der Waals surface area contributed by atoms with Gasteiger partial charge in [-0.25, -0.2) is 9.97 Å². The van der Waals surface area contributed by atoms with Crippen molar-refractivity contribution >= 4 is 39.8 Å². The van der Waals surface area contributed by atoms with Gasteiger partial charge in [0.15, 0.2) is 11.5 Å². The van der Waals surface area contributed by atoms with E-state index in [1.54, 1.807) is 31.7 Å². The van der Waals surface area contributed by atoms with Crippen LogP contribution in [0.5, 0.6) is 0 Å². The molecule has 4 rings (SSSR count). The fourth-order valence-electron chi connectivity index (χ4n) is 3.53. The van der Waals surface area contributed by atoms with Crippen LogP contribution in [0.3, 0.4) is 0 Å². The van der Waals surface area contributed by atoms with E-state index in [4.69, 9.17) is 0 Å². The van der Waals surface area contributed by atoms with Gasteiger partial charge in [-0.2, -0.15) is 10.4 Å². The summed E-state index contributed by atoms with van der Waals surface area (Å²) in [4.78, 5) is 32.5. The third kappa shape index (κ3) is 4.59. The molecule has 0 aliphatic heterocycles. The molecule has 10 nitrogen and oxygen atoms in total. The van der Waals surface area contributed by atoms with Gasteiger partial charge in [-0.3, -0.25) is 19.9 Å². The summed E-state index contributed by atoms with van der Waals surface area (Å²) in [6.45, 7) is 7.92. The number of nitrogens with zero attached hydrogens (tertiary/aromatic N) is 6. The number of H-pyrrole nitrogens is 2. The number of aromatic nitrogens is 6. The standard InChI is InChI=1S/C24H23N9O/c1-13(2)5-20(34)29-14(3)6-15(9-26-4)16-7-18-22(32-33-23(18)28-11-16)24-30-19-12-27-10-17(8-25)21(19)31-24/h6-7,9-13H,3,5H2,1-2,4H3,(H,29,34)(H,30,31)(H,28,32,33)/b15-6+,26-9-. The fraction of sp³-hybridized carbons (Fsp3) is 0.208. The Balaban J connectivity index is 1.73. The number of aromatic amines is 2. The number of pyridine rings is 2. The maximum absolute atomic E-state index is 12.1. The largest absolute Gasteiger partial charge is 0.335 e. The summed E-state index contributed by atoms with van der Waals surface area (Å²) in [5.41, 5.74) is 4.62. The van der Waals surface area contributed by atoms with E-state index in [9.17, 15) is 10.1 Å². The Bertz CT molecular complexity index is 1500. The lowest BCUT2D eigenvalue weighted by Gasteiger charge is -2.08. The third-order valence-corrected chi connectivity index (χ3v) is 4.98. The number of nitriles is 1. The van der Waals surface area contributed by atoms with Gasteiger partial charge in [-0.05, 0) is 18.1 Å². The van der Waals surface area contributed by atoms with Crippen LogP contribution < -0.4 is 5.32 Å². The second-order valence-corrected chi connectivity index (χ2v) is 8.13. The van der Waals surface area contributed by atoms with Gasteiger partial charge in [0.2, 0.25) is 5.91 Å².